The molecule has 0 saturated heterocycles. The Morgan fingerprint density at radius 1 is 1.32 bits per heavy atom. The van der Waals surface area contributed by atoms with E-state index in [1.165, 1.54) is 13.2 Å². The third-order valence-electron chi connectivity index (χ3n) is 3.69. The van der Waals surface area contributed by atoms with Crippen molar-refractivity contribution in [2.75, 3.05) is 12.0 Å². The number of hydrogen-bond donors (Lipinski definition) is 1. The minimum Gasteiger partial charge on any atom is -0.493 e. The van der Waals surface area contributed by atoms with Gasteiger partial charge in [0.25, 0.3) is 5.56 Å². The van der Waals surface area contributed by atoms with Gasteiger partial charge in [0, 0.05) is 12.6 Å². The number of anilines is 1. The van der Waals surface area contributed by atoms with Crippen molar-refractivity contribution in [1.82, 2.24) is 9.78 Å². The molecule has 128 valence electrons. The maximum Gasteiger partial charge on any atom is 0.287 e. The molecule has 3 rings (SSSR count). The number of hydrogen-bond acceptors (Lipinski definition) is 5. The summed E-state index contributed by atoms with van der Waals surface area (Å²) in [5.41, 5.74) is 3.58. The number of aryl methyl sites for hydroxylation is 1. The maximum atomic E-state index is 11.8. The van der Waals surface area contributed by atoms with Gasteiger partial charge in [-0.2, -0.15) is 10.2 Å². The molecular weight excluding hydrogens is 340 g/mol. The molecule has 0 aliphatic heterocycles. The number of halogens is 1. The Hall–Kier alpha value is -2.86. The number of benzene rings is 2. The van der Waals surface area contributed by atoms with Crippen molar-refractivity contribution < 1.29 is 4.74 Å². The predicted molar refractivity (Wildman–Crippen MR) is 101 cm³/mol. The lowest BCUT2D eigenvalue weighted by atomic mass is 10.0. The van der Waals surface area contributed by atoms with Crippen molar-refractivity contribution >= 4 is 34.3 Å². The molecule has 0 atom stereocenters. The van der Waals surface area contributed by atoms with Crippen LogP contribution in [0.1, 0.15) is 12.5 Å². The average molecular weight is 357 g/mol. The first-order chi connectivity index (χ1) is 12.1. The zero-order valence-corrected chi connectivity index (χ0v) is 14.6. The van der Waals surface area contributed by atoms with Crippen molar-refractivity contribution in [2.24, 2.45) is 12.1 Å². The number of nitrogens with one attached hydrogen (secondary N) is 1. The lowest BCUT2D eigenvalue weighted by Crippen LogP contribution is -2.20. The van der Waals surface area contributed by atoms with Crippen molar-refractivity contribution in [3.8, 4) is 5.75 Å². The molecule has 0 amide bonds. The number of aromatic nitrogens is 2. The van der Waals surface area contributed by atoms with Gasteiger partial charge in [0.15, 0.2) is 0 Å². The van der Waals surface area contributed by atoms with Crippen molar-refractivity contribution in [3.05, 3.63) is 63.5 Å². The number of fused-ring (bicyclic) bond motifs is 1. The molecule has 7 heteroatoms. The molecule has 1 heterocycles. The molecule has 25 heavy (non-hydrogen) atoms. The van der Waals surface area contributed by atoms with Gasteiger partial charge in [0.2, 0.25) is 0 Å². The van der Waals surface area contributed by atoms with E-state index in [0.717, 1.165) is 26.8 Å². The summed E-state index contributed by atoms with van der Waals surface area (Å²) in [6.07, 6.45) is 3.11. The Labute approximate surface area is 149 Å². The van der Waals surface area contributed by atoms with Gasteiger partial charge in [-0.15, -0.1) is 0 Å². The topological polar surface area (TPSA) is 68.5 Å². The van der Waals surface area contributed by atoms with E-state index in [9.17, 15) is 4.79 Å². The second-order valence-corrected chi connectivity index (χ2v) is 5.68. The number of nitrogens with zero attached hydrogens (tertiary/aromatic N) is 3. The van der Waals surface area contributed by atoms with Crippen LogP contribution in [-0.2, 0) is 7.05 Å². The van der Waals surface area contributed by atoms with Gasteiger partial charge in [0.1, 0.15) is 16.5 Å². The van der Waals surface area contributed by atoms with Crippen LogP contribution in [-0.4, -0.2) is 22.6 Å². The first kappa shape index (κ1) is 17.0. The highest BCUT2D eigenvalue weighted by Gasteiger charge is 2.08. The van der Waals surface area contributed by atoms with Crippen LogP contribution in [0.2, 0.25) is 5.02 Å². The zero-order chi connectivity index (χ0) is 17.8. The average Bonchev–Trinajstić information content (AvgIpc) is 2.63. The lowest BCUT2D eigenvalue weighted by molar-refractivity contribution is 0.340. The van der Waals surface area contributed by atoms with Crippen molar-refractivity contribution in [3.63, 3.8) is 0 Å². The second kappa shape index (κ2) is 7.36. The fraction of sp³-hybridized carbons (Fsp3) is 0.167. The lowest BCUT2D eigenvalue weighted by Gasteiger charge is -2.10. The monoisotopic (exact) mass is 356 g/mol. The Morgan fingerprint density at radius 2 is 2.12 bits per heavy atom. The minimum atomic E-state index is -0.387. The number of ether oxygens (including phenoxy) is 1. The Morgan fingerprint density at radius 3 is 2.92 bits per heavy atom. The van der Waals surface area contributed by atoms with Crippen LogP contribution in [0.5, 0.6) is 5.75 Å². The molecule has 0 spiro atoms. The molecular formula is C18H17ClN4O2. The predicted octanol–water partition coefficient (Wildman–Crippen LogP) is 3.43. The number of rotatable bonds is 5. The van der Waals surface area contributed by atoms with E-state index in [0.29, 0.717) is 12.3 Å². The molecule has 0 bridgehead atoms. The van der Waals surface area contributed by atoms with Gasteiger partial charge in [-0.1, -0.05) is 41.9 Å². The summed E-state index contributed by atoms with van der Waals surface area (Å²) in [4.78, 5) is 11.8. The molecule has 3 aromatic rings. The largest absolute Gasteiger partial charge is 0.493 e. The standard InChI is InChI=1S/C18H17ClN4O2/c1-3-25-16-9-8-12-6-4-5-7-13(12)14(16)10-20-22-15-11-21-23(2)18(24)17(15)19/h4-11,22H,3H2,1-2H3/b20-10-. The summed E-state index contributed by atoms with van der Waals surface area (Å²) in [6.45, 7) is 2.48. The van der Waals surface area contributed by atoms with Crippen molar-refractivity contribution in [2.45, 2.75) is 6.92 Å². The zero-order valence-electron chi connectivity index (χ0n) is 13.9. The molecule has 0 aliphatic rings. The third kappa shape index (κ3) is 3.49. The van der Waals surface area contributed by atoms with E-state index in [1.807, 2.05) is 43.3 Å². The van der Waals surface area contributed by atoms with E-state index in [1.54, 1.807) is 6.21 Å². The first-order valence-electron chi connectivity index (χ1n) is 7.77. The quantitative estimate of drug-likeness (QED) is 0.561. The third-order valence-corrected chi connectivity index (χ3v) is 4.05. The van der Waals surface area contributed by atoms with Gasteiger partial charge in [0.05, 0.1) is 19.0 Å². The fourth-order valence-corrected chi connectivity index (χ4v) is 2.66. The summed E-state index contributed by atoms with van der Waals surface area (Å²) in [5, 5.41) is 10.3. The Bertz CT molecular complexity index is 998. The van der Waals surface area contributed by atoms with Crippen LogP contribution in [0.4, 0.5) is 5.69 Å². The molecule has 0 unspecified atom stereocenters. The molecule has 1 aromatic heterocycles. The maximum absolute atomic E-state index is 11.8. The van der Waals surface area contributed by atoms with Crippen LogP contribution in [0.25, 0.3) is 10.8 Å². The summed E-state index contributed by atoms with van der Waals surface area (Å²) in [6, 6.07) is 11.9. The molecule has 0 saturated carbocycles. The van der Waals surface area contributed by atoms with Gasteiger partial charge in [-0.05, 0) is 23.8 Å². The Kier molecular flexibility index (Phi) is 5.00. The molecule has 0 aliphatic carbocycles. The fourth-order valence-electron chi connectivity index (χ4n) is 2.45. The number of hydrazone groups is 1. The van der Waals surface area contributed by atoms with E-state index >= 15 is 0 Å². The van der Waals surface area contributed by atoms with Gasteiger partial charge >= 0.3 is 0 Å². The van der Waals surface area contributed by atoms with E-state index in [4.69, 9.17) is 16.3 Å². The van der Waals surface area contributed by atoms with Crippen molar-refractivity contribution in [1.29, 1.82) is 0 Å². The molecule has 6 nitrogen and oxygen atoms in total. The normalized spacial score (nSPS) is 11.2. The summed E-state index contributed by atoms with van der Waals surface area (Å²) in [7, 11) is 1.53. The molecule has 0 fully saturated rings. The summed E-state index contributed by atoms with van der Waals surface area (Å²) < 4.78 is 6.86. The molecule has 1 N–H and O–H groups in total. The van der Waals surface area contributed by atoms with Crippen LogP contribution >= 0.6 is 11.6 Å². The summed E-state index contributed by atoms with van der Waals surface area (Å²) in [5.74, 6) is 0.736. The van der Waals surface area contributed by atoms with Gasteiger partial charge in [-0.25, -0.2) is 4.68 Å². The van der Waals surface area contributed by atoms with E-state index in [-0.39, 0.29) is 10.6 Å². The van der Waals surface area contributed by atoms with Crippen LogP contribution in [0, 0.1) is 0 Å². The van der Waals surface area contributed by atoms with Crippen LogP contribution < -0.4 is 15.7 Å². The van der Waals surface area contributed by atoms with E-state index in [2.05, 4.69) is 15.6 Å². The van der Waals surface area contributed by atoms with E-state index < -0.39 is 0 Å². The highest BCUT2D eigenvalue weighted by Crippen LogP contribution is 2.27. The smallest absolute Gasteiger partial charge is 0.287 e. The van der Waals surface area contributed by atoms with Crippen LogP contribution in [0.3, 0.4) is 0 Å². The second-order valence-electron chi connectivity index (χ2n) is 5.30. The van der Waals surface area contributed by atoms with Gasteiger partial charge in [-0.3, -0.25) is 10.2 Å². The Balaban J connectivity index is 1.97. The molecule has 2 aromatic carbocycles. The van der Waals surface area contributed by atoms with Gasteiger partial charge < -0.3 is 4.74 Å². The highest BCUT2D eigenvalue weighted by atomic mass is 35.5. The molecule has 0 radical (unpaired) electrons. The summed E-state index contributed by atoms with van der Waals surface area (Å²) >= 11 is 6.02. The minimum absolute atomic E-state index is 0.0394. The highest BCUT2D eigenvalue weighted by molar-refractivity contribution is 6.32. The SMILES string of the molecule is CCOc1ccc2ccccc2c1/C=N\Nc1cnn(C)c(=O)c1Cl. The first-order valence-corrected chi connectivity index (χ1v) is 8.15. The van der Waals surface area contributed by atoms with Crippen LogP contribution in [0.15, 0.2) is 52.5 Å².